The van der Waals surface area contributed by atoms with Gasteiger partial charge in [0.15, 0.2) is 11.5 Å². The summed E-state index contributed by atoms with van der Waals surface area (Å²) in [7, 11) is 0. The lowest BCUT2D eigenvalue weighted by molar-refractivity contribution is -0.120. The molecule has 1 heterocycles. The molecule has 3 amide bonds. The van der Waals surface area contributed by atoms with Gasteiger partial charge in [0.1, 0.15) is 19.8 Å². The van der Waals surface area contributed by atoms with Crippen LogP contribution in [0.3, 0.4) is 0 Å². The minimum atomic E-state index is -0.370. The molecule has 0 fully saturated rings. The van der Waals surface area contributed by atoms with E-state index in [0.717, 1.165) is 0 Å². The molecule has 3 rings (SSSR count). The van der Waals surface area contributed by atoms with Crippen molar-refractivity contribution in [1.82, 2.24) is 0 Å². The van der Waals surface area contributed by atoms with Crippen LogP contribution in [-0.2, 0) is 14.4 Å². The third-order valence-electron chi connectivity index (χ3n) is 3.99. The quantitative estimate of drug-likeness (QED) is 0.826. The number of nitrogens with one attached hydrogen (secondary N) is 2. The number of carbonyl (C=O) groups is 3. The number of fused-ring (bicyclic) bond motifs is 1. The van der Waals surface area contributed by atoms with Crippen molar-refractivity contribution in [3.8, 4) is 11.5 Å². The SMILES string of the molecule is CC(=O)Nc1cccc(NC(=O)CN(C(C)=O)c2ccc3c(c2)OCCO3)c1. The topological polar surface area (TPSA) is 97.0 Å². The Kier molecular flexibility index (Phi) is 5.78. The zero-order valence-corrected chi connectivity index (χ0v) is 15.7. The number of hydrogen-bond acceptors (Lipinski definition) is 5. The Hall–Kier alpha value is -3.55. The van der Waals surface area contributed by atoms with E-state index in [0.29, 0.717) is 41.8 Å². The van der Waals surface area contributed by atoms with Crippen LogP contribution in [0, 0.1) is 0 Å². The van der Waals surface area contributed by atoms with Crippen molar-refractivity contribution in [3.05, 3.63) is 42.5 Å². The number of rotatable bonds is 5. The van der Waals surface area contributed by atoms with Gasteiger partial charge in [-0.05, 0) is 30.3 Å². The lowest BCUT2D eigenvalue weighted by Crippen LogP contribution is -2.36. The van der Waals surface area contributed by atoms with E-state index in [9.17, 15) is 14.4 Å². The smallest absolute Gasteiger partial charge is 0.244 e. The number of amides is 3. The summed E-state index contributed by atoms with van der Waals surface area (Å²) in [5.74, 6) is 0.296. The minimum Gasteiger partial charge on any atom is -0.486 e. The van der Waals surface area contributed by atoms with Crippen molar-refractivity contribution in [2.24, 2.45) is 0 Å². The summed E-state index contributed by atoms with van der Waals surface area (Å²) in [6.07, 6.45) is 0. The first kappa shape index (κ1) is 19.2. The lowest BCUT2D eigenvalue weighted by Gasteiger charge is -2.24. The molecule has 28 heavy (non-hydrogen) atoms. The molecule has 8 nitrogen and oxygen atoms in total. The molecule has 0 unspecified atom stereocenters. The van der Waals surface area contributed by atoms with Crippen molar-refractivity contribution < 1.29 is 23.9 Å². The zero-order valence-electron chi connectivity index (χ0n) is 15.7. The highest BCUT2D eigenvalue weighted by Gasteiger charge is 2.19. The molecule has 0 aliphatic carbocycles. The fourth-order valence-electron chi connectivity index (χ4n) is 2.81. The number of nitrogens with zero attached hydrogens (tertiary/aromatic N) is 1. The van der Waals surface area contributed by atoms with Crippen molar-refractivity contribution in [3.63, 3.8) is 0 Å². The van der Waals surface area contributed by atoms with Crippen LogP contribution in [0.5, 0.6) is 11.5 Å². The van der Waals surface area contributed by atoms with Crippen molar-refractivity contribution in [1.29, 1.82) is 0 Å². The summed E-state index contributed by atoms with van der Waals surface area (Å²) < 4.78 is 11.0. The highest BCUT2D eigenvalue weighted by molar-refractivity contribution is 6.02. The normalized spacial score (nSPS) is 12.1. The molecule has 0 aromatic heterocycles. The number of carbonyl (C=O) groups excluding carboxylic acids is 3. The molecule has 0 radical (unpaired) electrons. The van der Waals surface area contributed by atoms with Gasteiger partial charge in [-0.3, -0.25) is 14.4 Å². The molecule has 0 saturated heterocycles. The molecule has 1 aliphatic heterocycles. The van der Waals surface area contributed by atoms with E-state index in [2.05, 4.69) is 10.6 Å². The molecule has 146 valence electrons. The van der Waals surface area contributed by atoms with Gasteiger partial charge in [0.25, 0.3) is 0 Å². The second kappa shape index (κ2) is 8.43. The molecule has 2 aromatic carbocycles. The van der Waals surface area contributed by atoms with E-state index in [-0.39, 0.29) is 24.3 Å². The van der Waals surface area contributed by atoms with Gasteiger partial charge < -0.3 is 25.0 Å². The second-order valence-electron chi connectivity index (χ2n) is 6.24. The maximum atomic E-state index is 12.5. The third-order valence-corrected chi connectivity index (χ3v) is 3.99. The zero-order chi connectivity index (χ0) is 20.1. The van der Waals surface area contributed by atoms with Crippen LogP contribution in [0.15, 0.2) is 42.5 Å². The first-order valence-corrected chi connectivity index (χ1v) is 8.77. The van der Waals surface area contributed by atoms with Gasteiger partial charge >= 0.3 is 0 Å². The van der Waals surface area contributed by atoms with Crippen molar-refractivity contribution >= 4 is 34.8 Å². The van der Waals surface area contributed by atoms with E-state index in [4.69, 9.17) is 9.47 Å². The minimum absolute atomic E-state index is 0.167. The summed E-state index contributed by atoms with van der Waals surface area (Å²) in [6, 6.07) is 11.9. The number of benzene rings is 2. The van der Waals surface area contributed by atoms with E-state index in [1.54, 1.807) is 42.5 Å². The van der Waals surface area contributed by atoms with Crippen molar-refractivity contribution in [2.75, 3.05) is 35.3 Å². The second-order valence-corrected chi connectivity index (χ2v) is 6.24. The number of anilines is 3. The van der Waals surface area contributed by atoms with Gasteiger partial charge in [-0.15, -0.1) is 0 Å². The molecule has 1 aliphatic rings. The summed E-state index contributed by atoms with van der Waals surface area (Å²) in [6.45, 7) is 3.54. The van der Waals surface area contributed by atoms with Crippen LogP contribution in [0.2, 0.25) is 0 Å². The molecule has 0 bridgehead atoms. The molecular formula is C20H21N3O5. The van der Waals surface area contributed by atoms with Crippen LogP contribution in [0.4, 0.5) is 17.1 Å². The van der Waals surface area contributed by atoms with Crippen LogP contribution in [0.1, 0.15) is 13.8 Å². The number of ether oxygens (including phenoxy) is 2. The van der Waals surface area contributed by atoms with Gasteiger partial charge in [-0.25, -0.2) is 0 Å². The Morgan fingerprint density at radius 2 is 1.61 bits per heavy atom. The van der Waals surface area contributed by atoms with Crippen LogP contribution in [0.25, 0.3) is 0 Å². The molecule has 0 spiro atoms. The highest BCUT2D eigenvalue weighted by Crippen LogP contribution is 2.34. The van der Waals surface area contributed by atoms with Crippen LogP contribution < -0.4 is 25.0 Å². The van der Waals surface area contributed by atoms with Crippen LogP contribution >= 0.6 is 0 Å². The largest absolute Gasteiger partial charge is 0.486 e. The molecule has 2 aromatic rings. The fourth-order valence-corrected chi connectivity index (χ4v) is 2.81. The van der Waals surface area contributed by atoms with Gasteiger partial charge in [-0.1, -0.05) is 6.07 Å². The van der Waals surface area contributed by atoms with E-state index in [1.165, 1.54) is 18.7 Å². The first-order valence-electron chi connectivity index (χ1n) is 8.77. The Morgan fingerprint density at radius 1 is 0.929 bits per heavy atom. The first-order chi connectivity index (χ1) is 13.4. The van der Waals surface area contributed by atoms with Gasteiger partial charge in [0.2, 0.25) is 17.7 Å². The molecule has 8 heteroatoms. The molecular weight excluding hydrogens is 362 g/mol. The highest BCUT2D eigenvalue weighted by atomic mass is 16.6. The lowest BCUT2D eigenvalue weighted by atomic mass is 10.2. The Bertz CT molecular complexity index is 912. The molecule has 0 saturated carbocycles. The van der Waals surface area contributed by atoms with Crippen molar-refractivity contribution in [2.45, 2.75) is 13.8 Å². The summed E-state index contributed by atoms with van der Waals surface area (Å²) in [4.78, 5) is 37.1. The predicted octanol–water partition coefficient (Wildman–Crippen LogP) is 2.41. The van der Waals surface area contributed by atoms with Crippen LogP contribution in [-0.4, -0.2) is 37.5 Å². The maximum absolute atomic E-state index is 12.5. The van der Waals surface area contributed by atoms with E-state index >= 15 is 0 Å². The maximum Gasteiger partial charge on any atom is 0.244 e. The average Bonchev–Trinajstić information content (AvgIpc) is 2.65. The average molecular weight is 383 g/mol. The molecule has 0 atom stereocenters. The monoisotopic (exact) mass is 383 g/mol. The Morgan fingerprint density at radius 3 is 2.29 bits per heavy atom. The standard InChI is InChI=1S/C20H21N3O5/c1-13(24)21-15-4-3-5-16(10-15)22-20(26)12-23(14(2)25)17-6-7-18-19(11-17)28-9-8-27-18/h3-7,10-11H,8-9,12H2,1-2H3,(H,21,24)(H,22,26). The van der Waals surface area contributed by atoms with Gasteiger partial charge in [-0.2, -0.15) is 0 Å². The molecule has 2 N–H and O–H groups in total. The Labute approximate surface area is 162 Å². The fraction of sp³-hybridized carbons (Fsp3) is 0.250. The van der Waals surface area contributed by atoms with E-state index in [1.807, 2.05) is 0 Å². The summed E-state index contributed by atoms with van der Waals surface area (Å²) >= 11 is 0. The number of hydrogen-bond donors (Lipinski definition) is 2. The Balaban J connectivity index is 1.71. The summed E-state index contributed by atoms with van der Waals surface area (Å²) in [5, 5.41) is 5.38. The van der Waals surface area contributed by atoms with E-state index < -0.39 is 0 Å². The van der Waals surface area contributed by atoms with Gasteiger partial charge in [0.05, 0.1) is 0 Å². The third kappa shape index (κ3) is 4.79. The summed E-state index contributed by atoms with van der Waals surface area (Å²) in [5.41, 5.74) is 1.63. The predicted molar refractivity (Wildman–Crippen MR) is 105 cm³/mol. The van der Waals surface area contributed by atoms with Gasteiger partial charge in [0, 0.05) is 37.0 Å².